The largest absolute Gasteiger partial charge is 0.328 e. The number of aryl methyl sites for hydroxylation is 1. The topological polar surface area (TPSA) is 29.3 Å². The summed E-state index contributed by atoms with van der Waals surface area (Å²) in [6.07, 6.45) is 3.77. The lowest BCUT2D eigenvalue weighted by atomic mass is 9.79. The van der Waals surface area contributed by atoms with Crippen LogP contribution < -0.4 is 5.73 Å². The van der Waals surface area contributed by atoms with Crippen LogP contribution in [-0.4, -0.2) is 25.0 Å². The predicted octanol–water partition coefficient (Wildman–Crippen LogP) is 2.26. The van der Waals surface area contributed by atoms with Gasteiger partial charge in [-0.05, 0) is 50.9 Å². The van der Waals surface area contributed by atoms with Crippen molar-refractivity contribution in [1.82, 2.24) is 4.90 Å². The molecule has 2 N–H and O–H groups in total. The fraction of sp³-hybridized carbons (Fsp3) is 0.571. The molecule has 1 saturated heterocycles. The molecule has 1 aromatic carbocycles. The Morgan fingerprint density at radius 3 is 2.69 bits per heavy atom. The number of hydrogen-bond donors (Lipinski definition) is 1. The van der Waals surface area contributed by atoms with E-state index in [0.29, 0.717) is 6.54 Å². The van der Waals surface area contributed by atoms with E-state index in [1.54, 1.807) is 0 Å². The lowest BCUT2D eigenvalue weighted by Gasteiger charge is -2.46. The highest BCUT2D eigenvalue weighted by Gasteiger charge is 2.37. The van der Waals surface area contributed by atoms with Crippen LogP contribution in [0.15, 0.2) is 24.3 Å². The fourth-order valence-corrected chi connectivity index (χ4v) is 2.97. The first-order valence-corrected chi connectivity index (χ1v) is 6.18. The minimum Gasteiger partial charge on any atom is -0.328 e. The van der Waals surface area contributed by atoms with Crippen LogP contribution in [0.4, 0.5) is 0 Å². The number of piperidine rings is 1. The minimum absolute atomic E-state index is 0.0730. The number of rotatable bonds is 2. The van der Waals surface area contributed by atoms with Gasteiger partial charge in [0.25, 0.3) is 0 Å². The van der Waals surface area contributed by atoms with Crippen molar-refractivity contribution in [3.8, 4) is 0 Å². The molecule has 2 heteroatoms. The first kappa shape index (κ1) is 11.6. The van der Waals surface area contributed by atoms with Crippen LogP contribution in [-0.2, 0) is 5.54 Å². The van der Waals surface area contributed by atoms with E-state index in [4.69, 9.17) is 5.73 Å². The van der Waals surface area contributed by atoms with E-state index >= 15 is 0 Å². The molecular weight excluding hydrogens is 196 g/mol. The van der Waals surface area contributed by atoms with Crippen LogP contribution in [0.3, 0.4) is 0 Å². The van der Waals surface area contributed by atoms with Crippen molar-refractivity contribution in [3.05, 3.63) is 35.4 Å². The Kier molecular flexibility index (Phi) is 3.31. The van der Waals surface area contributed by atoms with Crippen molar-refractivity contribution in [3.63, 3.8) is 0 Å². The van der Waals surface area contributed by atoms with Crippen LogP contribution >= 0.6 is 0 Å². The number of benzene rings is 1. The Balaban J connectivity index is 2.44. The monoisotopic (exact) mass is 218 g/mol. The van der Waals surface area contributed by atoms with E-state index in [1.165, 1.54) is 30.4 Å². The van der Waals surface area contributed by atoms with Gasteiger partial charge in [-0.2, -0.15) is 0 Å². The number of likely N-dealkylation sites (tertiary alicyclic amines) is 1. The van der Waals surface area contributed by atoms with E-state index in [9.17, 15) is 0 Å². The molecule has 2 rings (SSSR count). The summed E-state index contributed by atoms with van der Waals surface area (Å²) in [7, 11) is 2.21. The molecule has 0 bridgehead atoms. The Morgan fingerprint density at radius 2 is 2.06 bits per heavy atom. The average molecular weight is 218 g/mol. The molecule has 1 unspecified atom stereocenters. The molecular formula is C14H22N2. The van der Waals surface area contributed by atoms with Gasteiger partial charge in [0.2, 0.25) is 0 Å². The van der Waals surface area contributed by atoms with E-state index in [1.807, 2.05) is 0 Å². The van der Waals surface area contributed by atoms with Crippen molar-refractivity contribution in [2.45, 2.75) is 31.7 Å². The summed E-state index contributed by atoms with van der Waals surface area (Å²) in [5.74, 6) is 0. The molecule has 0 aliphatic carbocycles. The average Bonchev–Trinajstić information content (AvgIpc) is 2.31. The van der Waals surface area contributed by atoms with Crippen LogP contribution in [0, 0.1) is 6.92 Å². The first-order chi connectivity index (χ1) is 7.70. The highest BCUT2D eigenvalue weighted by molar-refractivity contribution is 5.33. The second kappa shape index (κ2) is 4.56. The Bertz CT molecular complexity index is 362. The van der Waals surface area contributed by atoms with Crippen LogP contribution in [0.5, 0.6) is 0 Å². The van der Waals surface area contributed by atoms with Gasteiger partial charge >= 0.3 is 0 Å². The molecule has 1 heterocycles. The van der Waals surface area contributed by atoms with Gasteiger partial charge in [-0.15, -0.1) is 0 Å². The molecule has 0 amide bonds. The molecule has 1 aromatic rings. The zero-order valence-corrected chi connectivity index (χ0v) is 10.4. The van der Waals surface area contributed by atoms with Crippen molar-refractivity contribution in [1.29, 1.82) is 0 Å². The van der Waals surface area contributed by atoms with E-state index in [2.05, 4.69) is 43.1 Å². The predicted molar refractivity (Wildman–Crippen MR) is 68.4 cm³/mol. The molecule has 0 saturated carbocycles. The number of hydrogen-bond acceptors (Lipinski definition) is 2. The number of nitrogens with two attached hydrogens (primary N) is 1. The van der Waals surface area contributed by atoms with E-state index in [-0.39, 0.29) is 5.54 Å². The summed E-state index contributed by atoms with van der Waals surface area (Å²) in [6.45, 7) is 4.06. The van der Waals surface area contributed by atoms with Gasteiger partial charge in [-0.25, -0.2) is 0 Å². The molecule has 16 heavy (non-hydrogen) atoms. The van der Waals surface area contributed by atoms with Gasteiger partial charge in [0.05, 0.1) is 5.54 Å². The Labute approximate surface area is 98.4 Å². The maximum Gasteiger partial charge on any atom is 0.0583 e. The molecule has 1 aliphatic heterocycles. The molecule has 1 aliphatic rings. The molecule has 0 spiro atoms. The normalized spacial score (nSPS) is 26.9. The van der Waals surface area contributed by atoms with Crippen LogP contribution in [0.25, 0.3) is 0 Å². The summed E-state index contributed by atoms with van der Waals surface area (Å²) in [6, 6.07) is 8.66. The van der Waals surface area contributed by atoms with Crippen molar-refractivity contribution >= 4 is 0 Å². The summed E-state index contributed by atoms with van der Waals surface area (Å²) < 4.78 is 0. The highest BCUT2D eigenvalue weighted by atomic mass is 15.2. The Hall–Kier alpha value is -0.860. The van der Waals surface area contributed by atoms with Crippen molar-refractivity contribution in [2.75, 3.05) is 20.1 Å². The standard InChI is InChI=1S/C14H22N2/c1-12-7-3-4-8-13(12)14(11-15)9-5-6-10-16(14)2/h3-4,7-8H,5-6,9-11,15H2,1-2H3. The maximum absolute atomic E-state index is 6.09. The zero-order chi connectivity index (χ0) is 11.6. The van der Waals surface area contributed by atoms with Gasteiger partial charge in [0, 0.05) is 6.54 Å². The van der Waals surface area contributed by atoms with Gasteiger partial charge in [0.15, 0.2) is 0 Å². The maximum atomic E-state index is 6.09. The van der Waals surface area contributed by atoms with Crippen molar-refractivity contribution in [2.24, 2.45) is 5.73 Å². The highest BCUT2D eigenvalue weighted by Crippen LogP contribution is 2.37. The smallest absolute Gasteiger partial charge is 0.0583 e. The number of nitrogens with zero attached hydrogens (tertiary/aromatic N) is 1. The van der Waals surface area contributed by atoms with Gasteiger partial charge in [-0.1, -0.05) is 24.3 Å². The summed E-state index contributed by atoms with van der Waals surface area (Å²) >= 11 is 0. The lowest BCUT2D eigenvalue weighted by Crippen LogP contribution is -2.52. The third-order valence-electron chi connectivity index (χ3n) is 4.05. The molecule has 2 nitrogen and oxygen atoms in total. The quantitative estimate of drug-likeness (QED) is 0.825. The SMILES string of the molecule is Cc1ccccc1C1(CN)CCCCN1C. The Morgan fingerprint density at radius 1 is 1.31 bits per heavy atom. The van der Waals surface area contributed by atoms with Crippen LogP contribution in [0.1, 0.15) is 30.4 Å². The summed E-state index contributed by atoms with van der Waals surface area (Å²) in [4.78, 5) is 2.44. The van der Waals surface area contributed by atoms with E-state index < -0.39 is 0 Å². The van der Waals surface area contributed by atoms with E-state index in [0.717, 1.165) is 6.54 Å². The second-order valence-corrected chi connectivity index (χ2v) is 4.93. The molecule has 1 atom stereocenters. The third-order valence-corrected chi connectivity index (χ3v) is 4.05. The first-order valence-electron chi connectivity index (χ1n) is 6.18. The van der Waals surface area contributed by atoms with Gasteiger partial charge < -0.3 is 5.73 Å². The molecule has 88 valence electrons. The fourth-order valence-electron chi connectivity index (χ4n) is 2.97. The van der Waals surface area contributed by atoms with Gasteiger partial charge in [-0.3, -0.25) is 4.90 Å². The molecule has 1 fully saturated rings. The van der Waals surface area contributed by atoms with Crippen molar-refractivity contribution < 1.29 is 0 Å². The molecule has 0 aromatic heterocycles. The second-order valence-electron chi connectivity index (χ2n) is 4.93. The van der Waals surface area contributed by atoms with Crippen LogP contribution in [0.2, 0.25) is 0 Å². The lowest BCUT2D eigenvalue weighted by molar-refractivity contribution is 0.0778. The number of likely N-dealkylation sites (N-methyl/N-ethyl adjacent to an activating group) is 1. The zero-order valence-electron chi connectivity index (χ0n) is 10.4. The molecule has 0 radical (unpaired) electrons. The van der Waals surface area contributed by atoms with Gasteiger partial charge in [0.1, 0.15) is 0 Å². The minimum atomic E-state index is 0.0730. The third kappa shape index (κ3) is 1.76. The summed E-state index contributed by atoms with van der Waals surface area (Å²) in [5.41, 5.74) is 8.94. The summed E-state index contributed by atoms with van der Waals surface area (Å²) in [5, 5.41) is 0.